The van der Waals surface area contributed by atoms with Gasteiger partial charge in [-0.05, 0) is 12.3 Å². The minimum atomic E-state index is -1.00. The molecule has 0 spiro atoms. The van der Waals surface area contributed by atoms with E-state index in [1.165, 1.54) is 6.33 Å². The predicted molar refractivity (Wildman–Crippen MR) is 61.2 cm³/mol. The van der Waals surface area contributed by atoms with E-state index in [2.05, 4.69) is 10.3 Å². The molecule has 1 aromatic rings. The van der Waals surface area contributed by atoms with Crippen molar-refractivity contribution in [3.8, 4) is 0 Å². The molecular formula is C11H17N3O3. The Morgan fingerprint density at radius 3 is 2.65 bits per heavy atom. The second-order valence-electron chi connectivity index (χ2n) is 4.32. The number of carbonyl (C=O) groups is 2. The molecule has 6 nitrogen and oxygen atoms in total. The third-order valence-corrected chi connectivity index (χ3v) is 2.23. The molecule has 1 atom stereocenters. The Kier molecular flexibility index (Phi) is 4.68. The zero-order valence-corrected chi connectivity index (χ0v) is 9.96. The Balaban J connectivity index is 2.49. The van der Waals surface area contributed by atoms with Crippen molar-refractivity contribution in [3.05, 3.63) is 18.7 Å². The van der Waals surface area contributed by atoms with Gasteiger partial charge in [-0.3, -0.25) is 4.79 Å². The number of rotatable bonds is 6. The van der Waals surface area contributed by atoms with E-state index in [1.807, 2.05) is 13.8 Å². The van der Waals surface area contributed by atoms with Crippen LogP contribution in [0.5, 0.6) is 0 Å². The van der Waals surface area contributed by atoms with Crippen molar-refractivity contribution in [2.75, 3.05) is 0 Å². The van der Waals surface area contributed by atoms with Crippen molar-refractivity contribution in [2.45, 2.75) is 32.9 Å². The highest BCUT2D eigenvalue weighted by Crippen LogP contribution is 2.05. The van der Waals surface area contributed by atoms with Crippen LogP contribution in [0.25, 0.3) is 0 Å². The molecule has 1 rings (SSSR count). The van der Waals surface area contributed by atoms with Crippen molar-refractivity contribution < 1.29 is 14.7 Å². The Morgan fingerprint density at radius 2 is 2.18 bits per heavy atom. The molecule has 0 aromatic carbocycles. The Morgan fingerprint density at radius 1 is 1.47 bits per heavy atom. The number of nitrogens with one attached hydrogen (secondary N) is 1. The molecule has 17 heavy (non-hydrogen) atoms. The normalized spacial score (nSPS) is 12.4. The fraction of sp³-hybridized carbons (Fsp3) is 0.545. The summed E-state index contributed by atoms with van der Waals surface area (Å²) < 4.78 is 1.59. The van der Waals surface area contributed by atoms with Gasteiger partial charge < -0.3 is 15.0 Å². The van der Waals surface area contributed by atoms with Gasteiger partial charge in [0.25, 0.3) is 0 Å². The van der Waals surface area contributed by atoms with Gasteiger partial charge in [-0.1, -0.05) is 13.8 Å². The molecule has 0 radical (unpaired) electrons. The summed E-state index contributed by atoms with van der Waals surface area (Å²) in [4.78, 5) is 26.3. The number of imidazole rings is 1. The van der Waals surface area contributed by atoms with E-state index in [0.717, 1.165) is 0 Å². The van der Waals surface area contributed by atoms with Crippen molar-refractivity contribution in [1.82, 2.24) is 14.9 Å². The first-order valence-corrected chi connectivity index (χ1v) is 5.47. The van der Waals surface area contributed by atoms with Gasteiger partial charge >= 0.3 is 5.97 Å². The summed E-state index contributed by atoms with van der Waals surface area (Å²) in [7, 11) is 0. The van der Waals surface area contributed by atoms with Crippen LogP contribution in [0.1, 0.15) is 20.3 Å². The van der Waals surface area contributed by atoms with Gasteiger partial charge in [0, 0.05) is 12.4 Å². The highest BCUT2D eigenvalue weighted by atomic mass is 16.4. The second kappa shape index (κ2) is 6.03. The van der Waals surface area contributed by atoms with Crippen LogP contribution in [0.3, 0.4) is 0 Å². The molecule has 0 fully saturated rings. The number of nitrogens with zero attached hydrogens (tertiary/aromatic N) is 2. The molecule has 0 aliphatic heterocycles. The zero-order chi connectivity index (χ0) is 12.8. The molecule has 0 saturated heterocycles. The van der Waals surface area contributed by atoms with Crippen LogP contribution in [0.15, 0.2) is 18.7 Å². The van der Waals surface area contributed by atoms with Crippen molar-refractivity contribution in [1.29, 1.82) is 0 Å². The maximum Gasteiger partial charge on any atom is 0.326 e. The number of carboxylic acid groups (broad SMARTS) is 1. The summed E-state index contributed by atoms with van der Waals surface area (Å²) in [5, 5.41) is 11.5. The number of amides is 1. The monoisotopic (exact) mass is 239 g/mol. The standard InChI is InChI=1S/C11H17N3O3/c1-8(2)5-9(11(16)17)13-10(15)6-14-4-3-12-7-14/h3-4,7-9H,5-6H2,1-2H3,(H,13,15)(H,16,17)/t9-/m0/s1. The molecule has 0 aliphatic carbocycles. The van der Waals surface area contributed by atoms with E-state index in [9.17, 15) is 9.59 Å². The van der Waals surface area contributed by atoms with E-state index >= 15 is 0 Å². The average molecular weight is 239 g/mol. The largest absolute Gasteiger partial charge is 0.480 e. The quantitative estimate of drug-likeness (QED) is 0.757. The smallest absolute Gasteiger partial charge is 0.326 e. The summed E-state index contributed by atoms with van der Waals surface area (Å²) in [6, 6.07) is -0.828. The van der Waals surface area contributed by atoms with Gasteiger partial charge in [0.2, 0.25) is 5.91 Å². The first-order valence-electron chi connectivity index (χ1n) is 5.47. The molecule has 0 aliphatic rings. The van der Waals surface area contributed by atoms with Crippen LogP contribution in [0.2, 0.25) is 0 Å². The Labute approximate surface area is 99.7 Å². The lowest BCUT2D eigenvalue weighted by molar-refractivity contribution is -0.142. The summed E-state index contributed by atoms with van der Waals surface area (Å²) in [6.45, 7) is 3.91. The Bertz CT molecular complexity index is 373. The molecule has 0 bridgehead atoms. The summed E-state index contributed by atoms with van der Waals surface area (Å²) in [6.07, 6.45) is 5.15. The number of hydrogen-bond acceptors (Lipinski definition) is 3. The van der Waals surface area contributed by atoms with Crippen LogP contribution in [0, 0.1) is 5.92 Å². The van der Waals surface area contributed by atoms with Gasteiger partial charge in [0.05, 0.1) is 6.33 Å². The van der Waals surface area contributed by atoms with Crippen LogP contribution in [-0.4, -0.2) is 32.6 Å². The fourth-order valence-corrected chi connectivity index (χ4v) is 1.48. The van der Waals surface area contributed by atoms with E-state index in [1.54, 1.807) is 17.0 Å². The van der Waals surface area contributed by atoms with Gasteiger partial charge in [0.1, 0.15) is 12.6 Å². The lowest BCUT2D eigenvalue weighted by Gasteiger charge is -2.16. The summed E-state index contributed by atoms with van der Waals surface area (Å²) in [5.41, 5.74) is 0. The number of aliphatic carboxylic acids is 1. The average Bonchev–Trinajstić information content (AvgIpc) is 2.68. The third kappa shape index (κ3) is 4.67. The van der Waals surface area contributed by atoms with Gasteiger partial charge in [-0.2, -0.15) is 0 Å². The minimum absolute atomic E-state index is 0.0852. The number of hydrogen-bond donors (Lipinski definition) is 2. The number of aromatic nitrogens is 2. The lowest BCUT2D eigenvalue weighted by atomic mass is 10.0. The molecular weight excluding hydrogens is 222 g/mol. The van der Waals surface area contributed by atoms with Crippen LogP contribution in [-0.2, 0) is 16.1 Å². The molecule has 2 N–H and O–H groups in total. The minimum Gasteiger partial charge on any atom is -0.480 e. The maximum absolute atomic E-state index is 11.6. The topological polar surface area (TPSA) is 84.2 Å². The summed E-state index contributed by atoms with van der Waals surface area (Å²) >= 11 is 0. The molecule has 6 heteroatoms. The third-order valence-electron chi connectivity index (χ3n) is 2.23. The molecule has 0 unspecified atom stereocenters. The van der Waals surface area contributed by atoms with E-state index in [4.69, 9.17) is 5.11 Å². The van der Waals surface area contributed by atoms with Crippen LogP contribution < -0.4 is 5.32 Å². The summed E-state index contributed by atoms with van der Waals surface area (Å²) in [5.74, 6) is -1.11. The first kappa shape index (κ1) is 13.2. The number of carbonyl (C=O) groups excluding carboxylic acids is 1. The molecule has 94 valence electrons. The van der Waals surface area contributed by atoms with E-state index in [-0.39, 0.29) is 18.4 Å². The molecule has 1 heterocycles. The van der Waals surface area contributed by atoms with E-state index in [0.29, 0.717) is 6.42 Å². The van der Waals surface area contributed by atoms with Gasteiger partial charge in [0.15, 0.2) is 0 Å². The first-order chi connectivity index (χ1) is 7.99. The highest BCUT2D eigenvalue weighted by molar-refractivity contribution is 5.83. The van der Waals surface area contributed by atoms with Crippen LogP contribution in [0.4, 0.5) is 0 Å². The SMILES string of the molecule is CC(C)C[C@H](NC(=O)Cn1ccnc1)C(=O)O. The lowest BCUT2D eigenvalue weighted by Crippen LogP contribution is -2.42. The fourth-order valence-electron chi connectivity index (χ4n) is 1.48. The van der Waals surface area contributed by atoms with Crippen molar-refractivity contribution in [2.24, 2.45) is 5.92 Å². The maximum atomic E-state index is 11.6. The van der Waals surface area contributed by atoms with Gasteiger partial charge in [-0.25, -0.2) is 9.78 Å². The van der Waals surface area contributed by atoms with Crippen molar-refractivity contribution >= 4 is 11.9 Å². The Hall–Kier alpha value is -1.85. The zero-order valence-electron chi connectivity index (χ0n) is 9.96. The molecule has 1 aromatic heterocycles. The van der Waals surface area contributed by atoms with Crippen molar-refractivity contribution in [3.63, 3.8) is 0 Å². The molecule has 0 saturated carbocycles. The predicted octanol–water partition coefficient (Wildman–Crippen LogP) is 0.499. The molecule has 1 amide bonds. The van der Waals surface area contributed by atoms with E-state index < -0.39 is 12.0 Å². The number of carboxylic acids is 1. The van der Waals surface area contributed by atoms with Gasteiger partial charge in [-0.15, -0.1) is 0 Å². The highest BCUT2D eigenvalue weighted by Gasteiger charge is 2.20. The van der Waals surface area contributed by atoms with Crippen LogP contribution >= 0.6 is 0 Å². The second-order valence-corrected chi connectivity index (χ2v) is 4.32.